The van der Waals surface area contributed by atoms with Gasteiger partial charge in [-0.2, -0.15) is 0 Å². The van der Waals surface area contributed by atoms with Crippen molar-refractivity contribution in [2.24, 2.45) is 23.7 Å². The van der Waals surface area contributed by atoms with Crippen LogP contribution in [0.15, 0.2) is 0 Å². The molecule has 4 unspecified atom stereocenters. The Bertz CT molecular complexity index is 1610. The van der Waals surface area contributed by atoms with Crippen LogP contribution in [-0.4, -0.2) is 96.7 Å². The Morgan fingerprint density at radius 1 is 0.350 bits per heavy atom. The summed E-state index contributed by atoms with van der Waals surface area (Å²) in [6, 6.07) is 0. The molecule has 0 aromatic heterocycles. The number of rotatable bonds is 58. The first-order valence-electron chi connectivity index (χ1n) is 31.8. The molecule has 0 saturated carbocycles. The normalized spacial score (nSPS) is 15.2. The van der Waals surface area contributed by atoms with Gasteiger partial charge in [0.1, 0.15) is 19.3 Å². The van der Waals surface area contributed by atoms with E-state index in [1.54, 1.807) is 0 Å². The monoisotopic (exact) mass is 1180 g/mol. The predicted octanol–water partition coefficient (Wildman–Crippen LogP) is 16.2. The second kappa shape index (κ2) is 51.5. The molecule has 0 bridgehead atoms. The first-order valence-corrected chi connectivity index (χ1v) is 34.8. The maximum Gasteiger partial charge on any atom is 0.472 e. The molecule has 0 amide bonds. The summed E-state index contributed by atoms with van der Waals surface area (Å²) in [7, 11) is -9.88. The molecule has 0 radical (unpaired) electrons. The van der Waals surface area contributed by atoms with Gasteiger partial charge in [-0.05, 0) is 49.4 Å². The van der Waals surface area contributed by atoms with Gasteiger partial charge in [0.2, 0.25) is 0 Å². The van der Waals surface area contributed by atoms with Crippen LogP contribution in [0.1, 0.15) is 287 Å². The van der Waals surface area contributed by atoms with E-state index in [2.05, 4.69) is 55.4 Å². The third-order valence-corrected chi connectivity index (χ3v) is 16.4. The second-order valence-electron chi connectivity index (χ2n) is 23.5. The summed E-state index contributed by atoms with van der Waals surface area (Å²) < 4.78 is 67.8. The van der Waals surface area contributed by atoms with Crippen LogP contribution in [0.5, 0.6) is 0 Å². The summed E-state index contributed by atoms with van der Waals surface area (Å²) in [6.07, 6.45) is 29.6. The number of aliphatic hydroxyl groups excluding tert-OH is 1. The van der Waals surface area contributed by atoms with E-state index in [1.165, 1.54) is 77.0 Å². The van der Waals surface area contributed by atoms with E-state index < -0.39 is 97.5 Å². The molecule has 0 aromatic rings. The van der Waals surface area contributed by atoms with Gasteiger partial charge in [0, 0.05) is 25.7 Å². The van der Waals surface area contributed by atoms with E-state index in [9.17, 15) is 43.2 Å². The van der Waals surface area contributed by atoms with Crippen molar-refractivity contribution in [3.8, 4) is 0 Å². The highest BCUT2D eigenvalue weighted by molar-refractivity contribution is 7.47. The Kier molecular flexibility index (Phi) is 50.2. The van der Waals surface area contributed by atoms with Gasteiger partial charge in [-0.1, -0.05) is 235 Å². The Morgan fingerprint density at radius 3 is 0.887 bits per heavy atom. The van der Waals surface area contributed by atoms with Gasteiger partial charge in [0.15, 0.2) is 12.2 Å². The van der Waals surface area contributed by atoms with E-state index in [0.29, 0.717) is 37.5 Å². The number of carbonyl (C=O) groups excluding carboxylic acids is 4. The lowest BCUT2D eigenvalue weighted by atomic mass is 9.99. The highest BCUT2D eigenvalue weighted by Gasteiger charge is 2.30. The number of hydrogen-bond donors (Lipinski definition) is 3. The van der Waals surface area contributed by atoms with Gasteiger partial charge in [-0.25, -0.2) is 9.13 Å². The SMILES string of the molecule is CCC(C)CCCCCCCCCCC(=O)O[C@H](COC(=O)CCCCCCCCC(C)C)COP(=O)(O)OC[C@H](O)COP(=O)(O)OC[C@@H](COC(=O)CCCCCCCCC(C)C)OC(=O)CCCCCCCCC(C)CC. The molecule has 0 rings (SSSR count). The highest BCUT2D eigenvalue weighted by atomic mass is 31.2. The molecular formula is C61H118O17P2. The predicted molar refractivity (Wildman–Crippen MR) is 317 cm³/mol. The molecule has 19 heteroatoms. The molecule has 0 aliphatic heterocycles. The van der Waals surface area contributed by atoms with Gasteiger partial charge in [0.25, 0.3) is 0 Å². The average Bonchev–Trinajstić information content (AvgIpc) is 3.41. The summed E-state index contributed by atoms with van der Waals surface area (Å²) in [5.41, 5.74) is 0. The minimum Gasteiger partial charge on any atom is -0.462 e. The molecular weight excluding hydrogens is 1070 g/mol. The van der Waals surface area contributed by atoms with Crippen molar-refractivity contribution in [3.05, 3.63) is 0 Å². The third kappa shape index (κ3) is 52.8. The molecule has 17 nitrogen and oxygen atoms in total. The van der Waals surface area contributed by atoms with Crippen molar-refractivity contribution >= 4 is 39.5 Å². The molecule has 0 fully saturated rings. The van der Waals surface area contributed by atoms with Crippen LogP contribution in [0.2, 0.25) is 0 Å². The Morgan fingerprint density at radius 2 is 0.600 bits per heavy atom. The molecule has 3 N–H and O–H groups in total. The fourth-order valence-corrected chi connectivity index (χ4v) is 10.4. The topological polar surface area (TPSA) is 237 Å². The minimum absolute atomic E-state index is 0.101. The Labute approximate surface area is 486 Å². The maximum atomic E-state index is 12.9. The van der Waals surface area contributed by atoms with E-state index in [1.807, 2.05) is 0 Å². The van der Waals surface area contributed by atoms with Gasteiger partial charge in [-0.15, -0.1) is 0 Å². The molecule has 0 heterocycles. The fraction of sp³-hybridized carbons (Fsp3) is 0.934. The zero-order valence-corrected chi connectivity index (χ0v) is 53.5. The van der Waals surface area contributed by atoms with Gasteiger partial charge < -0.3 is 33.8 Å². The summed E-state index contributed by atoms with van der Waals surface area (Å²) >= 11 is 0. The van der Waals surface area contributed by atoms with Gasteiger partial charge >= 0.3 is 39.5 Å². The fourth-order valence-electron chi connectivity index (χ4n) is 8.83. The summed E-state index contributed by atoms with van der Waals surface area (Å²) in [6.45, 7) is 13.8. The molecule has 7 atom stereocenters. The largest absolute Gasteiger partial charge is 0.472 e. The van der Waals surface area contributed by atoms with E-state index in [4.69, 9.17) is 37.0 Å². The number of esters is 4. The first kappa shape index (κ1) is 78.1. The van der Waals surface area contributed by atoms with Crippen LogP contribution in [0, 0.1) is 23.7 Å². The first-order chi connectivity index (χ1) is 38.2. The van der Waals surface area contributed by atoms with Crippen LogP contribution in [0.25, 0.3) is 0 Å². The van der Waals surface area contributed by atoms with Crippen LogP contribution in [0.4, 0.5) is 0 Å². The number of carbonyl (C=O) groups is 4. The standard InChI is InChI=1S/C61H118O17P2/c1-9-53(7)39-31-23-13-11-12-14-27-35-43-60(65)77-56(47-71-58(63)41-33-25-18-15-21-29-37-51(3)4)49-75-79(67,68)73-45-55(62)46-74-80(69,70)76-50-57(48-72-59(64)42-34-26-19-16-22-30-38-52(5)6)78-61(66)44-36-28-20-17-24-32-40-54(8)10-2/h51-57,62H,9-50H2,1-8H3,(H,67,68)(H,69,70)/t53?,54?,55-,56+,57+/m0/s1. The zero-order valence-electron chi connectivity index (χ0n) is 51.7. The summed E-state index contributed by atoms with van der Waals surface area (Å²) in [5, 5.41) is 10.5. The van der Waals surface area contributed by atoms with E-state index in [-0.39, 0.29) is 25.7 Å². The molecule has 0 aromatic carbocycles. The lowest BCUT2D eigenvalue weighted by Crippen LogP contribution is -2.30. The van der Waals surface area contributed by atoms with Crippen molar-refractivity contribution in [1.29, 1.82) is 0 Å². The number of phosphoric ester groups is 2. The highest BCUT2D eigenvalue weighted by Crippen LogP contribution is 2.45. The lowest BCUT2D eigenvalue weighted by molar-refractivity contribution is -0.161. The quantitative estimate of drug-likeness (QED) is 0.0222. The Balaban J connectivity index is 5.26. The van der Waals surface area contributed by atoms with E-state index >= 15 is 0 Å². The number of unbranched alkanes of at least 4 members (excludes halogenated alkanes) is 22. The van der Waals surface area contributed by atoms with Gasteiger partial charge in [0.05, 0.1) is 26.4 Å². The lowest BCUT2D eigenvalue weighted by Gasteiger charge is -2.21. The van der Waals surface area contributed by atoms with Crippen molar-refractivity contribution in [3.63, 3.8) is 0 Å². The third-order valence-electron chi connectivity index (χ3n) is 14.5. The Hall–Kier alpha value is -1.94. The number of phosphoric acid groups is 2. The number of hydrogen-bond acceptors (Lipinski definition) is 15. The molecule has 0 aliphatic rings. The molecule has 80 heavy (non-hydrogen) atoms. The zero-order chi connectivity index (χ0) is 59.7. The van der Waals surface area contributed by atoms with Crippen LogP contribution >= 0.6 is 15.6 Å². The van der Waals surface area contributed by atoms with E-state index in [0.717, 1.165) is 115 Å². The number of aliphatic hydroxyl groups is 1. The molecule has 0 saturated heterocycles. The van der Waals surface area contributed by atoms with Crippen LogP contribution in [-0.2, 0) is 65.4 Å². The number of ether oxygens (including phenoxy) is 4. The maximum absolute atomic E-state index is 12.9. The van der Waals surface area contributed by atoms with Crippen molar-refractivity contribution in [2.75, 3.05) is 39.6 Å². The molecule has 474 valence electrons. The molecule has 0 aliphatic carbocycles. The van der Waals surface area contributed by atoms with Gasteiger partial charge in [-0.3, -0.25) is 37.3 Å². The van der Waals surface area contributed by atoms with Crippen LogP contribution < -0.4 is 0 Å². The summed E-state index contributed by atoms with van der Waals surface area (Å²) in [5.74, 6) is 0.699. The minimum atomic E-state index is -4.94. The second-order valence-corrected chi connectivity index (χ2v) is 26.4. The van der Waals surface area contributed by atoms with Crippen molar-refractivity contribution < 1.29 is 80.2 Å². The van der Waals surface area contributed by atoms with Crippen LogP contribution in [0.3, 0.4) is 0 Å². The molecule has 0 spiro atoms. The smallest absolute Gasteiger partial charge is 0.462 e. The average molecular weight is 1190 g/mol. The van der Waals surface area contributed by atoms with Crippen molar-refractivity contribution in [1.82, 2.24) is 0 Å². The summed E-state index contributed by atoms with van der Waals surface area (Å²) in [4.78, 5) is 72.0. The van der Waals surface area contributed by atoms with Crippen molar-refractivity contribution in [2.45, 2.75) is 305 Å².